The normalized spacial score (nSPS) is 15.9. The Morgan fingerprint density at radius 2 is 1.14 bits per heavy atom. The van der Waals surface area contributed by atoms with Crippen molar-refractivity contribution in [1.29, 1.82) is 0 Å². The number of hydrogen-bond donors (Lipinski definition) is 0. The number of rotatable bonds is 0. The molecule has 0 N–H and O–H groups in total. The van der Waals surface area contributed by atoms with E-state index in [9.17, 15) is 9.59 Å². The van der Waals surface area contributed by atoms with Crippen LogP contribution < -0.4 is 0 Å². The molecule has 0 aromatic heterocycles. The first-order valence-corrected chi connectivity index (χ1v) is 6.02. The van der Waals surface area contributed by atoms with Crippen LogP contribution in [0.4, 0.5) is 0 Å². The van der Waals surface area contributed by atoms with Crippen LogP contribution in [0.3, 0.4) is 0 Å². The van der Waals surface area contributed by atoms with E-state index in [0.29, 0.717) is 18.3 Å². The Kier molecular flexibility index (Phi) is 2.74. The molecule has 0 amide bonds. The molecule has 1 aliphatic rings. The van der Waals surface area contributed by atoms with E-state index < -0.39 is 0 Å². The van der Waals surface area contributed by atoms with Gasteiger partial charge in [-0.05, 0) is 45.2 Å². The van der Waals surface area contributed by atoms with Gasteiger partial charge in [0.25, 0.3) is 0 Å². The molecular weight excluding hydrogens is 406 g/mol. The summed E-state index contributed by atoms with van der Waals surface area (Å²) in [4.78, 5) is 23.5. The monoisotopic (exact) mass is 410 g/mol. The Labute approximate surface area is 108 Å². The van der Waals surface area contributed by atoms with Crippen LogP contribution in [0, 0.1) is 0 Å². The fourth-order valence-electron chi connectivity index (χ4n) is 1.31. The van der Waals surface area contributed by atoms with Crippen molar-refractivity contribution in [2.75, 3.05) is 0 Å². The summed E-state index contributed by atoms with van der Waals surface area (Å²) in [6, 6.07) is 6.92. The van der Waals surface area contributed by atoms with Crippen molar-refractivity contribution in [2.45, 2.75) is 0 Å². The third-order valence-electron chi connectivity index (χ3n) is 2.01. The highest BCUT2D eigenvalue weighted by Gasteiger charge is 2.28. The van der Waals surface area contributed by atoms with E-state index in [1.165, 1.54) is 0 Å². The molecule has 0 heterocycles. The van der Waals surface area contributed by atoms with Crippen LogP contribution in [0.15, 0.2) is 31.4 Å². The predicted molar refractivity (Wildman–Crippen MR) is 70.2 cm³/mol. The SMILES string of the molecule is O=C1C(I)=C(I)C(=O)c2ccccc21. The van der Waals surface area contributed by atoms with Crippen LogP contribution in [0.1, 0.15) is 20.7 Å². The van der Waals surface area contributed by atoms with Gasteiger partial charge >= 0.3 is 0 Å². The molecule has 0 saturated carbocycles. The second kappa shape index (κ2) is 3.73. The number of carbonyl (C=O) groups is 2. The lowest BCUT2D eigenvalue weighted by molar-refractivity contribution is 0.0991. The maximum Gasteiger partial charge on any atom is 0.201 e. The summed E-state index contributed by atoms with van der Waals surface area (Å²) in [5, 5.41) is 0. The third kappa shape index (κ3) is 1.44. The number of halogens is 2. The molecule has 14 heavy (non-hydrogen) atoms. The van der Waals surface area contributed by atoms with Gasteiger partial charge in [-0.15, -0.1) is 0 Å². The molecule has 2 rings (SSSR count). The van der Waals surface area contributed by atoms with Crippen molar-refractivity contribution in [3.63, 3.8) is 0 Å². The number of ketones is 2. The third-order valence-corrected chi connectivity index (χ3v) is 5.10. The fraction of sp³-hybridized carbons (Fsp3) is 0. The van der Waals surface area contributed by atoms with Crippen molar-refractivity contribution in [1.82, 2.24) is 0 Å². The van der Waals surface area contributed by atoms with E-state index in [-0.39, 0.29) is 11.6 Å². The second-order valence-electron chi connectivity index (χ2n) is 2.83. The molecule has 70 valence electrons. The molecule has 2 nitrogen and oxygen atoms in total. The van der Waals surface area contributed by atoms with E-state index in [1.807, 2.05) is 45.2 Å². The van der Waals surface area contributed by atoms with Gasteiger partial charge in [0.15, 0.2) is 0 Å². The Morgan fingerprint density at radius 3 is 1.50 bits per heavy atom. The van der Waals surface area contributed by atoms with Gasteiger partial charge in [-0.2, -0.15) is 0 Å². The van der Waals surface area contributed by atoms with Crippen LogP contribution in [-0.4, -0.2) is 11.6 Å². The highest BCUT2D eigenvalue weighted by atomic mass is 127. The highest BCUT2D eigenvalue weighted by molar-refractivity contribution is 14.1. The summed E-state index contributed by atoms with van der Waals surface area (Å²) in [5.74, 6) is -0.101. The molecule has 0 spiro atoms. The number of hydrogen-bond acceptors (Lipinski definition) is 2. The molecule has 0 unspecified atom stereocenters. The maximum absolute atomic E-state index is 11.8. The van der Waals surface area contributed by atoms with Crippen molar-refractivity contribution < 1.29 is 9.59 Å². The molecule has 0 atom stereocenters. The number of benzene rings is 1. The van der Waals surface area contributed by atoms with Crippen molar-refractivity contribution >= 4 is 56.7 Å². The van der Waals surface area contributed by atoms with Gasteiger partial charge in [0.2, 0.25) is 11.6 Å². The average molecular weight is 410 g/mol. The van der Waals surface area contributed by atoms with Crippen LogP contribution in [-0.2, 0) is 0 Å². The summed E-state index contributed by atoms with van der Waals surface area (Å²) < 4.78 is 1.04. The van der Waals surface area contributed by atoms with Crippen LogP contribution >= 0.6 is 45.2 Å². The molecule has 1 aliphatic carbocycles. The number of allylic oxidation sites excluding steroid dienone is 2. The zero-order valence-electron chi connectivity index (χ0n) is 6.88. The topological polar surface area (TPSA) is 34.1 Å². The van der Waals surface area contributed by atoms with Gasteiger partial charge in [-0.3, -0.25) is 9.59 Å². The maximum atomic E-state index is 11.8. The predicted octanol–water partition coefficient (Wildman–Crippen LogP) is 3.15. The fourth-order valence-corrected chi connectivity index (χ4v) is 2.39. The average Bonchev–Trinajstić information content (AvgIpc) is 2.23. The molecule has 0 radical (unpaired) electrons. The van der Waals surface area contributed by atoms with Crippen LogP contribution in [0.2, 0.25) is 0 Å². The molecule has 1 aromatic rings. The Morgan fingerprint density at radius 1 is 0.786 bits per heavy atom. The van der Waals surface area contributed by atoms with Crippen molar-refractivity contribution in [3.8, 4) is 0 Å². The molecule has 4 heteroatoms. The van der Waals surface area contributed by atoms with E-state index in [1.54, 1.807) is 24.3 Å². The summed E-state index contributed by atoms with van der Waals surface area (Å²) >= 11 is 3.85. The molecule has 1 aromatic carbocycles. The molecule has 0 fully saturated rings. The van der Waals surface area contributed by atoms with Crippen LogP contribution in [0.5, 0.6) is 0 Å². The van der Waals surface area contributed by atoms with E-state index in [0.717, 1.165) is 0 Å². The minimum absolute atomic E-state index is 0.0507. The zero-order valence-corrected chi connectivity index (χ0v) is 11.2. The van der Waals surface area contributed by atoms with E-state index in [4.69, 9.17) is 0 Å². The molecule has 0 saturated heterocycles. The highest BCUT2D eigenvalue weighted by Crippen LogP contribution is 2.32. The van der Waals surface area contributed by atoms with Gasteiger partial charge in [0.05, 0.1) is 7.16 Å². The van der Waals surface area contributed by atoms with E-state index in [2.05, 4.69) is 0 Å². The number of fused-ring (bicyclic) bond motifs is 1. The van der Waals surface area contributed by atoms with Gasteiger partial charge in [0.1, 0.15) is 0 Å². The van der Waals surface area contributed by atoms with Gasteiger partial charge in [-0.25, -0.2) is 0 Å². The summed E-state index contributed by atoms with van der Waals surface area (Å²) in [7, 11) is 0. The lowest BCUT2D eigenvalue weighted by Crippen LogP contribution is -2.16. The largest absolute Gasteiger partial charge is 0.288 e. The first-order chi connectivity index (χ1) is 6.63. The number of Topliss-reactive ketones (excluding diaryl/α,β-unsaturated/α-hetero) is 2. The minimum atomic E-state index is -0.0507. The molecule has 0 aliphatic heterocycles. The molecular formula is C10H4I2O2. The Hall–Kier alpha value is -0.240. The second-order valence-corrected chi connectivity index (χ2v) is 4.99. The first kappa shape index (κ1) is 10.3. The Balaban J connectivity index is 2.73. The summed E-state index contributed by atoms with van der Waals surface area (Å²) in [6.07, 6.45) is 0. The van der Waals surface area contributed by atoms with Crippen LogP contribution in [0.25, 0.3) is 0 Å². The summed E-state index contributed by atoms with van der Waals surface area (Å²) in [6.45, 7) is 0. The van der Waals surface area contributed by atoms with E-state index >= 15 is 0 Å². The lowest BCUT2D eigenvalue weighted by Gasteiger charge is -2.13. The smallest absolute Gasteiger partial charge is 0.201 e. The molecule has 0 bridgehead atoms. The minimum Gasteiger partial charge on any atom is -0.288 e. The lowest BCUT2D eigenvalue weighted by atomic mass is 9.95. The standard InChI is InChI=1S/C10H4I2O2/c11-7-8(12)10(14)6-4-2-1-3-5(6)9(7)13/h1-4H. The van der Waals surface area contributed by atoms with Gasteiger partial charge in [-0.1, -0.05) is 24.3 Å². The van der Waals surface area contributed by atoms with Gasteiger partial charge < -0.3 is 0 Å². The zero-order chi connectivity index (χ0) is 10.3. The van der Waals surface area contributed by atoms with Gasteiger partial charge in [0, 0.05) is 11.1 Å². The first-order valence-electron chi connectivity index (χ1n) is 3.86. The quantitative estimate of drug-likeness (QED) is 0.617. The van der Waals surface area contributed by atoms with Crippen molar-refractivity contribution in [2.24, 2.45) is 0 Å². The summed E-state index contributed by atoms with van der Waals surface area (Å²) in [5.41, 5.74) is 1.03. The number of carbonyl (C=O) groups excluding carboxylic acids is 2. The Bertz CT molecular complexity index is 432. The van der Waals surface area contributed by atoms with Crippen molar-refractivity contribution in [3.05, 3.63) is 42.6 Å².